The van der Waals surface area contributed by atoms with Gasteiger partial charge in [0.25, 0.3) is 0 Å². The van der Waals surface area contributed by atoms with Crippen LogP contribution < -0.4 is 0 Å². The summed E-state index contributed by atoms with van der Waals surface area (Å²) in [6.07, 6.45) is 3.42. The zero-order chi connectivity index (χ0) is 15.2. The number of rotatable bonds is 5. The van der Waals surface area contributed by atoms with Crippen LogP contribution in [-0.2, 0) is 4.74 Å². The van der Waals surface area contributed by atoms with Crippen LogP contribution in [0.1, 0.15) is 17.3 Å². The van der Waals surface area contributed by atoms with Gasteiger partial charge in [-0.3, -0.25) is 0 Å². The van der Waals surface area contributed by atoms with Crippen LogP contribution >= 0.6 is 39.5 Å². The maximum absolute atomic E-state index is 12.0. The number of thioether (sulfide) groups is 1. The first kappa shape index (κ1) is 16.3. The Labute approximate surface area is 140 Å². The molecule has 0 aliphatic carbocycles. The molecule has 1 aromatic heterocycles. The smallest absolute Gasteiger partial charge is 0.342 e. The molecule has 0 aliphatic heterocycles. The fraction of sp³-hybridized carbons (Fsp3) is 0.214. The first-order valence-corrected chi connectivity index (χ1v) is 8.99. The predicted octanol–water partition coefficient (Wildman–Crippen LogP) is 4.29. The summed E-state index contributed by atoms with van der Waals surface area (Å²) in [5, 5.41) is 1.23. The first-order valence-electron chi connectivity index (χ1n) is 6.15. The number of hydrogen-bond donors (Lipinski definition) is 0. The molecule has 0 amide bonds. The Bertz CT molecular complexity index is 635. The van der Waals surface area contributed by atoms with Gasteiger partial charge in [-0.1, -0.05) is 39.5 Å². The van der Waals surface area contributed by atoms with Crippen molar-refractivity contribution in [3.63, 3.8) is 0 Å². The first-order chi connectivity index (χ1) is 10.1. The van der Waals surface area contributed by atoms with E-state index < -0.39 is 5.97 Å². The van der Waals surface area contributed by atoms with Crippen LogP contribution in [0.25, 0.3) is 0 Å². The van der Waals surface area contributed by atoms with Gasteiger partial charge in [-0.15, -0.1) is 0 Å². The lowest BCUT2D eigenvalue weighted by molar-refractivity contribution is 0.0520. The molecule has 21 heavy (non-hydrogen) atoms. The molecule has 1 aromatic carbocycles. The Hall–Kier alpha value is -1.05. The van der Waals surface area contributed by atoms with Crippen molar-refractivity contribution in [1.29, 1.82) is 0 Å². The molecular formula is C14H13BrN2O2S2. The monoisotopic (exact) mass is 384 g/mol. The third-order valence-corrected chi connectivity index (χ3v) is 4.54. The van der Waals surface area contributed by atoms with Crippen molar-refractivity contribution in [2.24, 2.45) is 0 Å². The number of aromatic nitrogens is 2. The number of esters is 1. The summed E-state index contributed by atoms with van der Waals surface area (Å²) in [5.74, 6) is -0.398. The lowest BCUT2D eigenvalue weighted by atomic mass is 10.3. The number of ether oxygens (including phenoxy) is 1. The van der Waals surface area contributed by atoms with Crippen molar-refractivity contribution in [2.75, 3.05) is 12.9 Å². The van der Waals surface area contributed by atoms with Gasteiger partial charge in [0, 0.05) is 15.6 Å². The highest BCUT2D eigenvalue weighted by molar-refractivity contribution is 9.10. The Morgan fingerprint density at radius 1 is 1.33 bits per heavy atom. The Morgan fingerprint density at radius 3 is 2.67 bits per heavy atom. The van der Waals surface area contributed by atoms with E-state index in [2.05, 4.69) is 25.9 Å². The fourth-order valence-corrected chi connectivity index (χ4v) is 3.03. The van der Waals surface area contributed by atoms with Gasteiger partial charge in [0.15, 0.2) is 5.16 Å². The van der Waals surface area contributed by atoms with E-state index in [9.17, 15) is 4.79 Å². The maximum Gasteiger partial charge on any atom is 0.342 e. The number of nitrogens with zero attached hydrogens (tertiary/aromatic N) is 2. The van der Waals surface area contributed by atoms with Crippen LogP contribution in [0.2, 0.25) is 0 Å². The Balaban J connectivity index is 2.34. The third-order valence-electron chi connectivity index (χ3n) is 2.44. The van der Waals surface area contributed by atoms with E-state index in [1.165, 1.54) is 29.7 Å². The van der Waals surface area contributed by atoms with E-state index in [0.29, 0.717) is 22.4 Å². The molecule has 0 unspecified atom stereocenters. The molecule has 0 atom stereocenters. The average Bonchev–Trinajstić information content (AvgIpc) is 2.49. The minimum atomic E-state index is -0.398. The molecule has 2 rings (SSSR count). The second-order valence-electron chi connectivity index (χ2n) is 3.85. The molecule has 1 heterocycles. The standard InChI is InChI=1S/C14H13BrN2O2S2/c1-3-19-13(18)11-8-16-14(20-2)17-12(11)21-10-6-4-9(15)5-7-10/h4-8H,3H2,1-2H3. The van der Waals surface area contributed by atoms with E-state index in [0.717, 1.165) is 9.37 Å². The van der Waals surface area contributed by atoms with Gasteiger partial charge in [0.05, 0.1) is 6.61 Å². The summed E-state index contributed by atoms with van der Waals surface area (Å²) in [6.45, 7) is 2.10. The molecule has 7 heteroatoms. The van der Waals surface area contributed by atoms with Crippen molar-refractivity contribution in [3.05, 3.63) is 40.5 Å². The van der Waals surface area contributed by atoms with Crippen molar-refractivity contribution in [3.8, 4) is 0 Å². The summed E-state index contributed by atoms with van der Waals surface area (Å²) < 4.78 is 6.06. The van der Waals surface area contributed by atoms with Gasteiger partial charge in [-0.25, -0.2) is 14.8 Å². The second kappa shape index (κ2) is 7.82. The predicted molar refractivity (Wildman–Crippen MR) is 88.0 cm³/mol. The summed E-state index contributed by atoms with van der Waals surface area (Å²) >= 11 is 6.25. The number of carbonyl (C=O) groups excluding carboxylic acids is 1. The molecular weight excluding hydrogens is 372 g/mol. The molecule has 2 aromatic rings. The van der Waals surface area contributed by atoms with Gasteiger partial charge in [-0.2, -0.15) is 0 Å². The number of benzene rings is 1. The zero-order valence-corrected chi connectivity index (χ0v) is 14.7. The average molecular weight is 385 g/mol. The van der Waals surface area contributed by atoms with Crippen molar-refractivity contribution >= 4 is 45.4 Å². The minimum Gasteiger partial charge on any atom is -0.462 e. The summed E-state index contributed by atoms with van der Waals surface area (Å²) in [7, 11) is 0. The van der Waals surface area contributed by atoms with E-state index in [1.54, 1.807) is 6.92 Å². The molecule has 0 bridgehead atoms. The maximum atomic E-state index is 12.0. The van der Waals surface area contributed by atoms with Crippen molar-refractivity contribution < 1.29 is 9.53 Å². The molecule has 0 saturated heterocycles. The molecule has 0 spiro atoms. The lowest BCUT2D eigenvalue weighted by Crippen LogP contribution is -2.08. The van der Waals surface area contributed by atoms with E-state index >= 15 is 0 Å². The van der Waals surface area contributed by atoms with E-state index in [4.69, 9.17) is 4.74 Å². The lowest BCUT2D eigenvalue weighted by Gasteiger charge is -2.08. The molecule has 0 radical (unpaired) electrons. The van der Waals surface area contributed by atoms with Crippen molar-refractivity contribution in [2.45, 2.75) is 22.0 Å². The van der Waals surface area contributed by atoms with Crippen LogP contribution in [0.15, 0.2) is 50.0 Å². The molecule has 0 saturated carbocycles. The van der Waals surface area contributed by atoms with Crippen LogP contribution in [0.5, 0.6) is 0 Å². The van der Waals surface area contributed by atoms with Gasteiger partial charge in [0.1, 0.15) is 10.6 Å². The second-order valence-corrected chi connectivity index (χ2v) is 6.60. The van der Waals surface area contributed by atoms with E-state index in [1.807, 2.05) is 30.5 Å². The molecule has 0 fully saturated rings. The van der Waals surface area contributed by atoms with Crippen molar-refractivity contribution in [1.82, 2.24) is 9.97 Å². The topological polar surface area (TPSA) is 52.1 Å². The number of hydrogen-bond acceptors (Lipinski definition) is 6. The van der Waals surface area contributed by atoms with Crippen LogP contribution in [-0.4, -0.2) is 28.8 Å². The zero-order valence-electron chi connectivity index (χ0n) is 11.5. The van der Waals surface area contributed by atoms with Gasteiger partial charge < -0.3 is 4.74 Å². The van der Waals surface area contributed by atoms with Gasteiger partial charge in [-0.05, 0) is 37.4 Å². The van der Waals surface area contributed by atoms with Crippen LogP contribution in [0, 0.1) is 0 Å². The third kappa shape index (κ3) is 4.46. The number of carbonyl (C=O) groups is 1. The summed E-state index contributed by atoms with van der Waals surface area (Å²) in [6, 6.07) is 7.82. The highest BCUT2D eigenvalue weighted by Gasteiger charge is 2.16. The largest absolute Gasteiger partial charge is 0.462 e. The summed E-state index contributed by atoms with van der Waals surface area (Å²) in [5.41, 5.74) is 0.391. The van der Waals surface area contributed by atoms with E-state index in [-0.39, 0.29) is 0 Å². The highest BCUT2D eigenvalue weighted by Crippen LogP contribution is 2.31. The van der Waals surface area contributed by atoms with Crippen LogP contribution in [0.3, 0.4) is 0 Å². The van der Waals surface area contributed by atoms with Gasteiger partial charge in [0.2, 0.25) is 0 Å². The number of halogens is 1. The fourth-order valence-electron chi connectivity index (χ4n) is 1.49. The molecule has 0 N–H and O–H groups in total. The molecule has 0 aliphatic rings. The highest BCUT2D eigenvalue weighted by atomic mass is 79.9. The van der Waals surface area contributed by atoms with Crippen LogP contribution in [0.4, 0.5) is 0 Å². The minimum absolute atomic E-state index is 0.325. The molecule has 110 valence electrons. The SMILES string of the molecule is CCOC(=O)c1cnc(SC)nc1Sc1ccc(Br)cc1. The Kier molecular flexibility index (Phi) is 6.08. The Morgan fingerprint density at radius 2 is 2.05 bits per heavy atom. The molecule has 4 nitrogen and oxygen atoms in total. The summed E-state index contributed by atoms with van der Waals surface area (Å²) in [4.78, 5) is 21.5. The van der Waals surface area contributed by atoms with Gasteiger partial charge >= 0.3 is 5.97 Å². The normalized spacial score (nSPS) is 10.4. The quantitative estimate of drug-likeness (QED) is 0.331.